The van der Waals surface area contributed by atoms with Gasteiger partial charge in [0.1, 0.15) is 17.2 Å². The second kappa shape index (κ2) is 7.25. The number of pyridine rings is 1. The van der Waals surface area contributed by atoms with Gasteiger partial charge < -0.3 is 20.1 Å². The van der Waals surface area contributed by atoms with Crippen molar-refractivity contribution < 1.29 is 14.3 Å². The van der Waals surface area contributed by atoms with Crippen molar-refractivity contribution in [3.05, 3.63) is 42.1 Å². The summed E-state index contributed by atoms with van der Waals surface area (Å²) in [5, 5.41) is 0. The van der Waals surface area contributed by atoms with Crippen molar-refractivity contribution in [1.82, 2.24) is 9.88 Å². The Labute approximate surface area is 172 Å². The van der Waals surface area contributed by atoms with Crippen LogP contribution >= 0.6 is 0 Å². The quantitative estimate of drug-likeness (QED) is 0.822. The summed E-state index contributed by atoms with van der Waals surface area (Å²) in [6.45, 7) is 5.72. The molecule has 0 spiro atoms. The Balaban J connectivity index is 1.62. The molecule has 3 heterocycles. The number of aromatic nitrogens is 1. The molecule has 6 heteroatoms. The Morgan fingerprint density at radius 3 is 2.76 bits per heavy atom. The summed E-state index contributed by atoms with van der Waals surface area (Å²) in [6.07, 6.45) is 4.62. The maximum absolute atomic E-state index is 12.8. The Hall–Kier alpha value is -2.76. The first kappa shape index (κ1) is 19.6. The third-order valence-electron chi connectivity index (χ3n) is 5.89. The van der Waals surface area contributed by atoms with Crippen molar-refractivity contribution in [2.24, 2.45) is 0 Å². The number of hydrogen-bond acceptors (Lipinski definition) is 5. The average Bonchev–Trinajstić information content (AvgIpc) is 3.25. The topological polar surface area (TPSA) is 77.7 Å². The molecule has 2 aliphatic rings. The van der Waals surface area contributed by atoms with Gasteiger partial charge in [-0.3, -0.25) is 0 Å². The summed E-state index contributed by atoms with van der Waals surface area (Å²) in [7, 11) is 1.65. The molecule has 3 atom stereocenters. The summed E-state index contributed by atoms with van der Waals surface area (Å²) in [4.78, 5) is 19.2. The first-order valence-electron chi connectivity index (χ1n) is 10.2. The highest BCUT2D eigenvalue weighted by atomic mass is 16.6. The standard InChI is InChI=1S/C23H29N3O3/c1-23(2,3)29-22(27)26-16-8-9-20(26)18(12-16)15-11-19(21(24)25-13-15)14-6-5-7-17(10-14)28-4/h5-7,10-11,13,16,18,20H,8-9,12H2,1-4H3,(H2,24,25)/t16-,18+,20+/m0/s1. The molecule has 2 saturated heterocycles. The number of benzene rings is 1. The number of amides is 1. The third-order valence-corrected chi connectivity index (χ3v) is 5.89. The molecule has 0 radical (unpaired) electrons. The SMILES string of the molecule is COc1cccc(-c2cc([C@H]3C[C@@H]4CC[C@H]3N4C(=O)OC(C)(C)C)cnc2N)c1. The Morgan fingerprint density at radius 2 is 2.03 bits per heavy atom. The molecule has 0 aliphatic carbocycles. The zero-order valence-electron chi connectivity index (χ0n) is 17.5. The number of carbonyl (C=O) groups is 1. The van der Waals surface area contributed by atoms with Crippen LogP contribution in [0, 0.1) is 0 Å². The van der Waals surface area contributed by atoms with E-state index in [2.05, 4.69) is 11.1 Å². The monoisotopic (exact) mass is 395 g/mol. The predicted octanol–water partition coefficient (Wildman–Crippen LogP) is 4.59. The second-order valence-electron chi connectivity index (χ2n) is 8.96. The van der Waals surface area contributed by atoms with Crippen molar-refractivity contribution in [2.45, 2.75) is 63.6 Å². The van der Waals surface area contributed by atoms with E-state index in [0.717, 1.165) is 41.7 Å². The van der Waals surface area contributed by atoms with Gasteiger partial charge in [0.2, 0.25) is 0 Å². The van der Waals surface area contributed by atoms with Crippen molar-refractivity contribution in [3.8, 4) is 16.9 Å². The van der Waals surface area contributed by atoms with E-state index in [4.69, 9.17) is 15.2 Å². The second-order valence-corrected chi connectivity index (χ2v) is 8.96. The number of methoxy groups -OCH3 is 1. The highest BCUT2D eigenvalue weighted by Gasteiger charge is 2.50. The maximum atomic E-state index is 12.8. The van der Waals surface area contributed by atoms with Crippen molar-refractivity contribution >= 4 is 11.9 Å². The van der Waals surface area contributed by atoms with Crippen LogP contribution in [0.3, 0.4) is 0 Å². The molecule has 1 amide bonds. The highest BCUT2D eigenvalue weighted by Crippen LogP contribution is 2.48. The molecule has 2 aromatic rings. The van der Waals surface area contributed by atoms with E-state index in [0.29, 0.717) is 5.82 Å². The van der Waals surface area contributed by atoms with E-state index < -0.39 is 5.60 Å². The first-order chi connectivity index (χ1) is 13.8. The molecular formula is C23H29N3O3. The molecule has 2 N–H and O–H groups in total. The van der Waals surface area contributed by atoms with Crippen LogP contribution in [0.2, 0.25) is 0 Å². The third kappa shape index (κ3) is 3.76. The molecule has 1 aromatic carbocycles. The van der Waals surface area contributed by atoms with Gasteiger partial charge >= 0.3 is 6.09 Å². The highest BCUT2D eigenvalue weighted by molar-refractivity contribution is 5.75. The lowest BCUT2D eigenvalue weighted by molar-refractivity contribution is 0.0213. The van der Waals surface area contributed by atoms with Crippen LogP contribution in [0.1, 0.15) is 51.5 Å². The van der Waals surface area contributed by atoms with Gasteiger partial charge in [-0.15, -0.1) is 0 Å². The number of nitrogens with zero attached hydrogens (tertiary/aromatic N) is 2. The zero-order chi connectivity index (χ0) is 20.8. The lowest BCUT2D eigenvalue weighted by atomic mass is 9.84. The first-order valence-corrected chi connectivity index (χ1v) is 10.2. The summed E-state index contributed by atoms with van der Waals surface area (Å²) >= 11 is 0. The molecule has 2 aliphatic heterocycles. The molecule has 154 valence electrons. The Morgan fingerprint density at radius 1 is 1.24 bits per heavy atom. The summed E-state index contributed by atoms with van der Waals surface area (Å²) in [6, 6.07) is 10.3. The number of hydrogen-bond donors (Lipinski definition) is 1. The van der Waals surface area contributed by atoms with Crippen LogP contribution in [0.25, 0.3) is 11.1 Å². The normalized spacial score (nSPS) is 23.3. The van der Waals surface area contributed by atoms with Gasteiger partial charge in [0.15, 0.2) is 0 Å². The van der Waals surface area contributed by atoms with E-state index in [1.165, 1.54) is 0 Å². The molecular weight excluding hydrogens is 366 g/mol. The number of carbonyl (C=O) groups excluding carboxylic acids is 1. The predicted molar refractivity (Wildman–Crippen MR) is 113 cm³/mol. The molecule has 0 unspecified atom stereocenters. The molecule has 6 nitrogen and oxygen atoms in total. The van der Waals surface area contributed by atoms with Crippen molar-refractivity contribution in [3.63, 3.8) is 0 Å². The Kier molecular flexibility index (Phi) is 4.89. The van der Waals surface area contributed by atoms with Gasteiger partial charge in [-0.1, -0.05) is 12.1 Å². The van der Waals surface area contributed by atoms with Gasteiger partial charge in [-0.2, -0.15) is 0 Å². The van der Waals surface area contributed by atoms with Crippen LogP contribution in [0.5, 0.6) is 5.75 Å². The molecule has 1 aromatic heterocycles. The molecule has 2 bridgehead atoms. The fraction of sp³-hybridized carbons (Fsp3) is 0.478. The number of nitrogen functional groups attached to an aromatic ring is 1. The summed E-state index contributed by atoms with van der Waals surface area (Å²) in [5.41, 5.74) is 8.70. The fourth-order valence-corrected chi connectivity index (χ4v) is 4.66. The van der Waals surface area contributed by atoms with E-state index in [-0.39, 0.29) is 24.1 Å². The van der Waals surface area contributed by atoms with E-state index in [9.17, 15) is 4.79 Å². The van der Waals surface area contributed by atoms with Crippen LogP contribution < -0.4 is 10.5 Å². The summed E-state index contributed by atoms with van der Waals surface area (Å²) in [5.74, 6) is 1.52. The molecule has 2 fully saturated rings. The molecule has 0 saturated carbocycles. The average molecular weight is 396 g/mol. The Bertz CT molecular complexity index is 922. The minimum absolute atomic E-state index is 0.151. The number of rotatable bonds is 3. The largest absolute Gasteiger partial charge is 0.497 e. The minimum atomic E-state index is -0.489. The van der Waals surface area contributed by atoms with Crippen molar-refractivity contribution in [1.29, 1.82) is 0 Å². The van der Waals surface area contributed by atoms with Crippen LogP contribution in [-0.2, 0) is 4.74 Å². The lowest BCUT2D eigenvalue weighted by Gasteiger charge is -2.28. The van der Waals surface area contributed by atoms with E-state index in [1.54, 1.807) is 7.11 Å². The molecule has 4 rings (SSSR count). The van der Waals surface area contributed by atoms with Crippen molar-refractivity contribution in [2.75, 3.05) is 12.8 Å². The van der Waals surface area contributed by atoms with Gasteiger partial charge in [0.25, 0.3) is 0 Å². The fourth-order valence-electron chi connectivity index (χ4n) is 4.66. The minimum Gasteiger partial charge on any atom is -0.497 e. The van der Waals surface area contributed by atoms with Crippen LogP contribution in [0.15, 0.2) is 36.5 Å². The molecule has 29 heavy (non-hydrogen) atoms. The van der Waals surface area contributed by atoms with E-state index in [1.807, 2.05) is 56.1 Å². The smallest absolute Gasteiger partial charge is 0.410 e. The van der Waals surface area contributed by atoms with Gasteiger partial charge in [0.05, 0.1) is 7.11 Å². The number of nitrogens with two attached hydrogens (primary N) is 1. The zero-order valence-corrected chi connectivity index (χ0v) is 17.5. The summed E-state index contributed by atoms with van der Waals surface area (Å²) < 4.78 is 11.0. The number of anilines is 1. The number of fused-ring (bicyclic) bond motifs is 2. The van der Waals surface area contributed by atoms with Crippen LogP contribution in [0.4, 0.5) is 10.6 Å². The van der Waals surface area contributed by atoms with Crippen LogP contribution in [-0.4, -0.2) is 40.8 Å². The maximum Gasteiger partial charge on any atom is 0.410 e. The van der Waals surface area contributed by atoms with Gasteiger partial charge in [-0.05, 0) is 69.4 Å². The number of ether oxygens (including phenoxy) is 2. The van der Waals surface area contributed by atoms with E-state index >= 15 is 0 Å². The van der Waals surface area contributed by atoms with Gasteiger partial charge in [0, 0.05) is 29.8 Å². The van der Waals surface area contributed by atoms with Gasteiger partial charge in [-0.25, -0.2) is 9.78 Å². The lowest BCUT2D eigenvalue weighted by Crippen LogP contribution is -2.40.